The first-order chi connectivity index (χ1) is 17.5. The predicted octanol–water partition coefficient (Wildman–Crippen LogP) is 3.85. The second-order valence-electron chi connectivity index (χ2n) is 8.75. The van der Waals surface area contributed by atoms with Crippen molar-refractivity contribution in [1.29, 1.82) is 0 Å². The number of halogens is 4. The number of amides is 2. The minimum Gasteiger partial charge on any atom is -0.471 e. The summed E-state index contributed by atoms with van der Waals surface area (Å²) in [5.74, 6) is -1.65. The van der Waals surface area contributed by atoms with Gasteiger partial charge in [-0.15, -0.1) is 13.2 Å². The molecule has 1 fully saturated rings. The zero-order valence-corrected chi connectivity index (χ0v) is 19.8. The molecule has 4 rings (SSSR count). The third-order valence-corrected chi connectivity index (χ3v) is 5.92. The molecule has 0 radical (unpaired) electrons. The van der Waals surface area contributed by atoms with Crippen LogP contribution in [0.2, 0.25) is 0 Å². The minimum atomic E-state index is -4.81. The van der Waals surface area contributed by atoms with Crippen LogP contribution in [0.1, 0.15) is 41.3 Å². The normalized spacial score (nSPS) is 19.8. The number of primary amides is 1. The zero-order valence-electron chi connectivity index (χ0n) is 19.8. The molecule has 8 nitrogen and oxygen atoms in total. The molecule has 2 N–H and O–H groups in total. The SMILES string of the molecule is CC1=NC(c2cnc(O[C@@H]3CCN(C(=O)Cc4ccc(OC(F)(F)F)cc4)C[C@@H]3F)c(C(N)=O)c2)=CC1. The van der Waals surface area contributed by atoms with Crippen molar-refractivity contribution in [3.63, 3.8) is 0 Å². The molecule has 2 amide bonds. The Morgan fingerprint density at radius 1 is 1.22 bits per heavy atom. The number of carbonyl (C=O) groups excluding carboxylic acids is 2. The number of piperidine rings is 1. The van der Waals surface area contributed by atoms with Gasteiger partial charge in [0.1, 0.15) is 17.4 Å². The lowest BCUT2D eigenvalue weighted by atomic mass is 10.0. The molecule has 196 valence electrons. The number of nitrogens with zero attached hydrogens (tertiary/aromatic N) is 3. The van der Waals surface area contributed by atoms with Gasteiger partial charge in [0.05, 0.1) is 18.7 Å². The van der Waals surface area contributed by atoms with E-state index < -0.39 is 30.3 Å². The molecule has 0 bridgehead atoms. The van der Waals surface area contributed by atoms with Crippen molar-refractivity contribution in [2.24, 2.45) is 10.7 Å². The summed E-state index contributed by atoms with van der Waals surface area (Å²) in [6.45, 7) is 1.82. The second-order valence-corrected chi connectivity index (χ2v) is 8.75. The maximum Gasteiger partial charge on any atom is 0.573 e. The highest BCUT2D eigenvalue weighted by Crippen LogP contribution is 2.28. The van der Waals surface area contributed by atoms with Gasteiger partial charge >= 0.3 is 6.36 Å². The molecule has 37 heavy (non-hydrogen) atoms. The van der Waals surface area contributed by atoms with Crippen LogP contribution in [-0.4, -0.2) is 59.1 Å². The van der Waals surface area contributed by atoms with E-state index in [9.17, 15) is 27.2 Å². The highest BCUT2D eigenvalue weighted by molar-refractivity contribution is 5.97. The monoisotopic (exact) mass is 520 g/mol. The molecule has 2 aliphatic rings. The van der Waals surface area contributed by atoms with Crippen LogP contribution >= 0.6 is 0 Å². The summed E-state index contributed by atoms with van der Waals surface area (Å²) in [5, 5.41) is 0. The molecule has 2 aliphatic heterocycles. The van der Waals surface area contributed by atoms with E-state index in [4.69, 9.17) is 10.5 Å². The van der Waals surface area contributed by atoms with Crippen LogP contribution in [-0.2, 0) is 11.2 Å². The van der Waals surface area contributed by atoms with Crippen LogP contribution < -0.4 is 15.2 Å². The Morgan fingerprint density at radius 2 is 1.95 bits per heavy atom. The molecule has 12 heteroatoms. The van der Waals surface area contributed by atoms with Gasteiger partial charge in [0.25, 0.3) is 5.91 Å². The number of alkyl halides is 4. The van der Waals surface area contributed by atoms with Crippen LogP contribution in [0, 0.1) is 0 Å². The van der Waals surface area contributed by atoms with Crippen LogP contribution in [0.4, 0.5) is 17.6 Å². The average molecular weight is 520 g/mol. The predicted molar refractivity (Wildman–Crippen MR) is 126 cm³/mol. The summed E-state index contributed by atoms with van der Waals surface area (Å²) in [6, 6.07) is 6.42. The number of aliphatic imine (C=N–C) groups is 1. The fourth-order valence-corrected chi connectivity index (χ4v) is 4.07. The van der Waals surface area contributed by atoms with Crippen LogP contribution in [0.3, 0.4) is 0 Å². The van der Waals surface area contributed by atoms with Crippen LogP contribution in [0.25, 0.3) is 5.70 Å². The van der Waals surface area contributed by atoms with Crippen LogP contribution in [0.15, 0.2) is 47.6 Å². The van der Waals surface area contributed by atoms with E-state index in [-0.39, 0.29) is 43.3 Å². The number of likely N-dealkylation sites (tertiary alicyclic amines) is 1. The van der Waals surface area contributed by atoms with E-state index in [2.05, 4.69) is 14.7 Å². The van der Waals surface area contributed by atoms with Crippen molar-refractivity contribution in [3.8, 4) is 11.6 Å². The zero-order chi connectivity index (χ0) is 26.7. The second kappa shape index (κ2) is 10.6. The van der Waals surface area contributed by atoms with Gasteiger partial charge < -0.3 is 20.1 Å². The number of hydrogen-bond donors (Lipinski definition) is 1. The average Bonchev–Trinajstić information content (AvgIpc) is 3.27. The fourth-order valence-electron chi connectivity index (χ4n) is 4.07. The topological polar surface area (TPSA) is 107 Å². The number of benzene rings is 1. The van der Waals surface area contributed by atoms with Gasteiger partial charge in [-0.05, 0) is 30.7 Å². The molecule has 0 unspecified atom stereocenters. The van der Waals surface area contributed by atoms with Crippen molar-refractivity contribution < 1.29 is 36.6 Å². The quantitative estimate of drug-likeness (QED) is 0.559. The summed E-state index contributed by atoms with van der Waals surface area (Å²) in [4.78, 5) is 34.5. The Balaban J connectivity index is 1.36. The van der Waals surface area contributed by atoms with Gasteiger partial charge in [0.15, 0.2) is 6.17 Å². The van der Waals surface area contributed by atoms with Crippen LogP contribution in [0.5, 0.6) is 11.6 Å². The van der Waals surface area contributed by atoms with E-state index >= 15 is 0 Å². The molecule has 0 saturated carbocycles. The lowest BCUT2D eigenvalue weighted by molar-refractivity contribution is -0.274. The number of hydrogen-bond acceptors (Lipinski definition) is 6. The standard InChI is InChI=1S/C25H24F4N4O4/c1-14-2-7-20(32-14)16-11-18(23(30)35)24(31-12-16)36-21-8-9-33(13-19(21)26)22(34)10-15-3-5-17(6-4-15)37-25(27,28)29/h3-7,11-12,19,21H,2,8-10,13H2,1H3,(H2,30,35)/t19-,21+/m0/s1. The van der Waals surface area contributed by atoms with Gasteiger partial charge in [-0.25, -0.2) is 9.37 Å². The Bertz CT molecular complexity index is 1240. The molecule has 2 aromatic rings. The Hall–Kier alpha value is -3.96. The molecule has 2 atom stereocenters. The van der Waals surface area contributed by atoms with Gasteiger partial charge in [0.2, 0.25) is 11.8 Å². The third kappa shape index (κ3) is 6.63. The fraction of sp³-hybridized carbons (Fsp3) is 0.360. The first kappa shape index (κ1) is 26.1. The van der Waals surface area contributed by atoms with E-state index in [1.165, 1.54) is 29.3 Å². The molecule has 1 aromatic carbocycles. The number of ether oxygens (including phenoxy) is 2. The summed E-state index contributed by atoms with van der Waals surface area (Å²) in [7, 11) is 0. The highest BCUT2D eigenvalue weighted by atomic mass is 19.4. The highest BCUT2D eigenvalue weighted by Gasteiger charge is 2.34. The smallest absolute Gasteiger partial charge is 0.471 e. The number of carbonyl (C=O) groups is 2. The summed E-state index contributed by atoms with van der Waals surface area (Å²) < 4.78 is 61.4. The maximum absolute atomic E-state index is 15.0. The lowest BCUT2D eigenvalue weighted by Gasteiger charge is -2.34. The van der Waals surface area contributed by atoms with Gasteiger partial charge in [0, 0.05) is 36.9 Å². The Morgan fingerprint density at radius 3 is 2.54 bits per heavy atom. The van der Waals surface area contributed by atoms with Gasteiger partial charge in [-0.2, -0.15) is 0 Å². The molecule has 3 heterocycles. The molecular formula is C25H24F4N4O4. The number of rotatable bonds is 7. The van der Waals surface area contributed by atoms with Crippen molar-refractivity contribution in [2.75, 3.05) is 13.1 Å². The van der Waals surface area contributed by atoms with E-state index in [0.29, 0.717) is 23.2 Å². The molecule has 1 saturated heterocycles. The molecule has 0 spiro atoms. The summed E-state index contributed by atoms with van der Waals surface area (Å²) >= 11 is 0. The Labute approximate surface area is 209 Å². The Kier molecular flexibility index (Phi) is 7.46. The first-order valence-electron chi connectivity index (χ1n) is 11.5. The first-order valence-corrected chi connectivity index (χ1v) is 11.5. The van der Waals surface area contributed by atoms with E-state index in [1.807, 2.05) is 13.0 Å². The van der Waals surface area contributed by atoms with Crippen molar-refractivity contribution in [1.82, 2.24) is 9.88 Å². The third-order valence-electron chi connectivity index (χ3n) is 5.92. The maximum atomic E-state index is 15.0. The molecule has 1 aromatic heterocycles. The van der Waals surface area contributed by atoms with Crippen molar-refractivity contribution >= 4 is 23.2 Å². The summed E-state index contributed by atoms with van der Waals surface area (Å²) in [5.41, 5.74) is 8.14. The van der Waals surface area contributed by atoms with Crippen molar-refractivity contribution in [3.05, 3.63) is 59.3 Å². The number of allylic oxidation sites excluding steroid dienone is 1. The summed E-state index contributed by atoms with van der Waals surface area (Å²) in [6.07, 6.45) is -3.23. The largest absolute Gasteiger partial charge is 0.573 e. The minimum absolute atomic E-state index is 0.00167. The van der Waals surface area contributed by atoms with Gasteiger partial charge in [-0.3, -0.25) is 14.6 Å². The van der Waals surface area contributed by atoms with Gasteiger partial charge in [-0.1, -0.05) is 18.2 Å². The molecule has 0 aliphatic carbocycles. The molecular weight excluding hydrogens is 496 g/mol. The number of nitrogens with two attached hydrogens (primary N) is 1. The number of aromatic nitrogens is 1. The van der Waals surface area contributed by atoms with E-state index in [0.717, 1.165) is 17.8 Å². The van der Waals surface area contributed by atoms with E-state index in [1.54, 1.807) is 0 Å². The lowest BCUT2D eigenvalue weighted by Crippen LogP contribution is -2.49. The number of pyridine rings is 1. The van der Waals surface area contributed by atoms with Crippen molar-refractivity contribution in [2.45, 2.75) is 44.8 Å².